The summed E-state index contributed by atoms with van der Waals surface area (Å²) in [6.45, 7) is 10.4. The van der Waals surface area contributed by atoms with E-state index >= 15 is 0 Å². The molecule has 2 aliphatic heterocycles. The highest BCUT2D eigenvalue weighted by Gasteiger charge is 2.42. The number of anilines is 2. The van der Waals surface area contributed by atoms with Gasteiger partial charge in [-0.15, -0.1) is 0 Å². The van der Waals surface area contributed by atoms with Gasteiger partial charge in [0.25, 0.3) is 0 Å². The van der Waals surface area contributed by atoms with Gasteiger partial charge in [-0.05, 0) is 38.3 Å². The first kappa shape index (κ1) is 24.6. The second-order valence-electron chi connectivity index (χ2n) is 10.3. The maximum absolute atomic E-state index is 6.14. The minimum atomic E-state index is 0.169. The largest absolute Gasteiger partial charge is 0.460 e. The number of likely N-dealkylation sites (N-methyl/N-ethyl adjacent to an activating group) is 1. The molecule has 3 aliphatic rings. The first-order valence-corrected chi connectivity index (χ1v) is 14.0. The molecule has 2 saturated heterocycles. The van der Waals surface area contributed by atoms with Gasteiger partial charge >= 0.3 is 6.01 Å². The van der Waals surface area contributed by atoms with E-state index in [9.17, 15) is 0 Å². The summed E-state index contributed by atoms with van der Waals surface area (Å²) in [4.78, 5) is 28.5. The zero-order valence-corrected chi connectivity index (χ0v) is 22.1. The van der Waals surface area contributed by atoms with Crippen molar-refractivity contribution in [1.82, 2.24) is 34.7 Å². The predicted molar refractivity (Wildman–Crippen MR) is 142 cm³/mol. The highest BCUT2D eigenvalue weighted by molar-refractivity contribution is 7.18. The Kier molecular flexibility index (Phi) is 7.27. The third-order valence-electron chi connectivity index (χ3n) is 7.71. The van der Waals surface area contributed by atoms with Gasteiger partial charge < -0.3 is 19.7 Å². The van der Waals surface area contributed by atoms with Gasteiger partial charge in [0, 0.05) is 50.5 Å². The van der Waals surface area contributed by atoms with Crippen molar-refractivity contribution in [3.8, 4) is 16.6 Å². The fourth-order valence-electron chi connectivity index (χ4n) is 5.24. The maximum Gasteiger partial charge on any atom is 0.317 e. The van der Waals surface area contributed by atoms with Crippen molar-refractivity contribution in [1.29, 1.82) is 0 Å². The molecule has 0 amide bonds. The molecule has 1 saturated carbocycles. The Morgan fingerprint density at radius 3 is 2.54 bits per heavy atom. The number of rotatable bonds is 8. The molecule has 10 nitrogen and oxygen atoms in total. The van der Waals surface area contributed by atoms with Crippen molar-refractivity contribution in [2.24, 2.45) is 5.41 Å². The molecule has 3 fully saturated rings. The van der Waals surface area contributed by atoms with E-state index in [2.05, 4.69) is 47.0 Å². The van der Waals surface area contributed by atoms with E-state index in [0.29, 0.717) is 17.2 Å². The fraction of sp³-hybridized carbons (Fsp3) is 0.577. The summed E-state index contributed by atoms with van der Waals surface area (Å²) in [6.07, 6.45) is 11.7. The molecule has 0 bridgehead atoms. The van der Waals surface area contributed by atoms with Gasteiger partial charge in [-0.3, -0.25) is 9.88 Å². The Morgan fingerprint density at radius 1 is 1.03 bits per heavy atom. The monoisotopic (exact) mass is 522 g/mol. The summed E-state index contributed by atoms with van der Waals surface area (Å²) in [5.74, 6) is 0.680. The van der Waals surface area contributed by atoms with Crippen LogP contribution in [0.15, 0.2) is 30.9 Å². The van der Waals surface area contributed by atoms with Crippen LogP contribution in [0.4, 0.5) is 10.9 Å². The molecule has 0 atom stereocenters. The lowest BCUT2D eigenvalue weighted by molar-refractivity contribution is -0.140. The molecule has 0 unspecified atom stereocenters. The first-order valence-electron chi connectivity index (χ1n) is 13.2. The summed E-state index contributed by atoms with van der Waals surface area (Å²) in [7, 11) is 0. The average Bonchev–Trinajstić information content (AvgIpc) is 3.39. The van der Waals surface area contributed by atoms with E-state index in [1.54, 1.807) is 12.4 Å². The van der Waals surface area contributed by atoms with Crippen LogP contribution in [-0.4, -0.2) is 86.8 Å². The van der Waals surface area contributed by atoms with E-state index in [1.807, 2.05) is 18.5 Å². The lowest BCUT2D eigenvalue weighted by Gasteiger charge is -2.45. The van der Waals surface area contributed by atoms with Crippen LogP contribution >= 0.6 is 11.3 Å². The molecule has 196 valence electrons. The van der Waals surface area contributed by atoms with E-state index in [1.165, 1.54) is 11.3 Å². The number of nitrogens with one attached hydrogen (secondary N) is 1. The van der Waals surface area contributed by atoms with Crippen LogP contribution in [0.2, 0.25) is 0 Å². The van der Waals surface area contributed by atoms with Crippen molar-refractivity contribution in [3.05, 3.63) is 36.5 Å². The van der Waals surface area contributed by atoms with E-state index < -0.39 is 0 Å². The van der Waals surface area contributed by atoms with Crippen molar-refractivity contribution < 1.29 is 9.47 Å². The molecule has 1 spiro atoms. The maximum atomic E-state index is 6.14. The quantitative estimate of drug-likeness (QED) is 0.472. The Morgan fingerprint density at radius 2 is 1.84 bits per heavy atom. The third kappa shape index (κ3) is 5.90. The normalized spacial score (nSPS) is 20.6. The molecule has 3 aromatic rings. The van der Waals surface area contributed by atoms with Gasteiger partial charge in [-0.2, -0.15) is 4.98 Å². The third-order valence-corrected chi connectivity index (χ3v) is 8.65. The zero-order valence-electron chi connectivity index (χ0n) is 21.3. The van der Waals surface area contributed by atoms with Gasteiger partial charge in [-0.25, -0.2) is 15.0 Å². The zero-order chi connectivity index (χ0) is 25.1. The van der Waals surface area contributed by atoms with Crippen LogP contribution in [-0.2, 0) is 11.3 Å². The topological polar surface area (TPSA) is 101 Å². The molecule has 1 N–H and O–H groups in total. The first-order chi connectivity index (χ1) is 18.2. The summed E-state index contributed by atoms with van der Waals surface area (Å²) < 4.78 is 11.6. The Bertz CT molecular complexity index is 1170. The molecular weight excluding hydrogens is 488 g/mol. The number of ether oxygens (including phenoxy) is 2. The Balaban J connectivity index is 1.02. The predicted octanol–water partition coefficient (Wildman–Crippen LogP) is 3.61. The second-order valence-corrected chi connectivity index (χ2v) is 11.3. The second kappa shape index (κ2) is 10.9. The lowest BCUT2D eigenvalue weighted by Crippen LogP contribution is -2.46. The summed E-state index contributed by atoms with van der Waals surface area (Å²) in [6, 6.07) is 2.32. The van der Waals surface area contributed by atoms with Crippen molar-refractivity contribution in [3.63, 3.8) is 0 Å². The van der Waals surface area contributed by atoms with Gasteiger partial charge in [-0.1, -0.05) is 18.3 Å². The number of hydrogen-bond donors (Lipinski definition) is 1. The van der Waals surface area contributed by atoms with Crippen LogP contribution in [0.5, 0.6) is 6.01 Å². The van der Waals surface area contributed by atoms with Gasteiger partial charge in [0.05, 0.1) is 41.9 Å². The SMILES string of the molecule is CCN1CCN(Cc2cnc(Nc3ncc(-c4ccnc(OC5CCC6(CC5)COC6)n4)s3)cn2)CC1. The van der Waals surface area contributed by atoms with Crippen molar-refractivity contribution in [2.75, 3.05) is 51.3 Å². The molecule has 0 radical (unpaired) electrons. The standard InChI is InChI=1S/C26H34N8O2S/c1-2-33-9-11-34(12-10-33)16-19-13-29-23(15-28-19)32-25-30-14-22(37-25)21-5-8-27-24(31-21)36-20-3-6-26(7-4-20)17-35-18-26/h5,8,13-15,20H,2-4,6-7,9-12,16-18H2,1H3,(H,29,30,32). The Labute approximate surface area is 221 Å². The summed E-state index contributed by atoms with van der Waals surface area (Å²) >= 11 is 1.52. The highest BCUT2D eigenvalue weighted by Crippen LogP contribution is 2.43. The van der Waals surface area contributed by atoms with Crippen LogP contribution in [0.25, 0.3) is 10.6 Å². The molecule has 5 heterocycles. The molecule has 0 aromatic carbocycles. The molecule has 11 heteroatoms. The number of aromatic nitrogens is 5. The number of nitrogens with zero attached hydrogens (tertiary/aromatic N) is 7. The smallest absolute Gasteiger partial charge is 0.317 e. The van der Waals surface area contributed by atoms with E-state index in [0.717, 1.165) is 99.6 Å². The van der Waals surface area contributed by atoms with Crippen LogP contribution in [0.3, 0.4) is 0 Å². The highest BCUT2D eigenvalue weighted by atomic mass is 32.1. The van der Waals surface area contributed by atoms with Crippen molar-refractivity contribution >= 4 is 22.3 Å². The van der Waals surface area contributed by atoms with Crippen LogP contribution in [0, 0.1) is 5.41 Å². The minimum Gasteiger partial charge on any atom is -0.460 e. The summed E-state index contributed by atoms with van der Waals surface area (Å²) in [5.41, 5.74) is 2.20. The van der Waals surface area contributed by atoms with Crippen LogP contribution < -0.4 is 10.1 Å². The van der Waals surface area contributed by atoms with Crippen LogP contribution in [0.1, 0.15) is 38.3 Å². The summed E-state index contributed by atoms with van der Waals surface area (Å²) in [5, 5.41) is 4.01. The van der Waals surface area contributed by atoms with Gasteiger partial charge in [0.2, 0.25) is 0 Å². The van der Waals surface area contributed by atoms with Gasteiger partial charge in [0.15, 0.2) is 10.9 Å². The molecule has 1 aliphatic carbocycles. The fourth-order valence-corrected chi connectivity index (χ4v) is 6.03. The number of piperazine rings is 1. The van der Waals surface area contributed by atoms with Gasteiger partial charge in [0.1, 0.15) is 6.10 Å². The minimum absolute atomic E-state index is 0.169. The number of hydrogen-bond acceptors (Lipinski definition) is 11. The molecular formula is C26H34N8O2S. The molecule has 6 rings (SSSR count). The number of thiazole rings is 1. The lowest BCUT2D eigenvalue weighted by atomic mass is 9.72. The van der Waals surface area contributed by atoms with E-state index in [4.69, 9.17) is 9.47 Å². The average molecular weight is 523 g/mol. The Hall–Kier alpha value is -2.73. The molecule has 37 heavy (non-hydrogen) atoms. The van der Waals surface area contributed by atoms with Crippen molar-refractivity contribution in [2.45, 2.75) is 45.3 Å². The molecule has 3 aromatic heterocycles. The van der Waals surface area contributed by atoms with E-state index in [-0.39, 0.29) is 6.10 Å².